The van der Waals surface area contributed by atoms with Crippen LogP contribution in [0.15, 0.2) is 54.1 Å². The number of hydrogen-bond acceptors (Lipinski definition) is 9. The largest absolute Gasteiger partial charge is 0.458 e. The normalized spacial score (nSPS) is 33.9. The van der Waals surface area contributed by atoms with E-state index in [1.54, 1.807) is 18.2 Å². The summed E-state index contributed by atoms with van der Waals surface area (Å²) in [5.74, 6) is -0.989. The van der Waals surface area contributed by atoms with Crippen LogP contribution >= 0.6 is 0 Å². The highest BCUT2D eigenvalue weighted by Gasteiger charge is 2.73. The molecule has 1 aromatic rings. The quantitative estimate of drug-likeness (QED) is 0.0880. The van der Waals surface area contributed by atoms with Crippen LogP contribution in [-0.4, -0.2) is 98.5 Å². The Labute approximate surface area is 348 Å². The van der Waals surface area contributed by atoms with Gasteiger partial charge in [0.25, 0.3) is 0 Å². The number of aliphatic hydroxyl groups is 1. The van der Waals surface area contributed by atoms with E-state index in [-0.39, 0.29) is 18.8 Å². The van der Waals surface area contributed by atoms with E-state index >= 15 is 0 Å². The van der Waals surface area contributed by atoms with Crippen molar-refractivity contribution in [1.29, 1.82) is 0 Å². The number of ether oxygens (including phenoxy) is 4. The van der Waals surface area contributed by atoms with Crippen molar-refractivity contribution in [3.05, 3.63) is 59.7 Å². The molecule has 4 aliphatic rings. The van der Waals surface area contributed by atoms with E-state index in [9.17, 15) is 9.90 Å². The Morgan fingerprint density at radius 3 is 2.12 bits per heavy atom. The van der Waals surface area contributed by atoms with E-state index in [4.69, 9.17) is 32.2 Å². The summed E-state index contributed by atoms with van der Waals surface area (Å²) < 4.78 is 48.5. The predicted octanol–water partition coefficient (Wildman–Crippen LogP) is 9.85. The van der Waals surface area contributed by atoms with Crippen molar-refractivity contribution in [3.63, 3.8) is 0 Å². The molecule has 9 unspecified atom stereocenters. The number of fused-ring (bicyclic) bond motifs is 5. The summed E-state index contributed by atoms with van der Waals surface area (Å²) in [4.78, 5) is 14.3. The summed E-state index contributed by atoms with van der Waals surface area (Å²) in [6.07, 6.45) is -0.0297. The summed E-state index contributed by atoms with van der Waals surface area (Å²) in [5, 5.41) is 13.0. The molecule has 10 atom stereocenters. The molecule has 12 heteroatoms. The topological polar surface area (TPSA) is 102 Å². The molecule has 1 aromatic carbocycles. The van der Waals surface area contributed by atoms with Crippen LogP contribution < -0.4 is 0 Å². The Hall–Kier alpha value is -1.46. The van der Waals surface area contributed by atoms with E-state index in [1.165, 1.54) is 0 Å². The molecule has 1 N–H and O–H groups in total. The summed E-state index contributed by atoms with van der Waals surface area (Å²) >= 11 is 0. The SMILES string of the molecule is C=CC1OC2/C(=C(\C)C(CCO[Si](C)C)O[Si](CC)(CC)CC)C(C)(C)CC(OC(=O)c3ccccc3)C3C4(O)COC4CC(O[Si](CC)(CC)CC)[C@@]3(C)C2O1. The van der Waals surface area contributed by atoms with Crippen LogP contribution in [0.4, 0.5) is 0 Å². The van der Waals surface area contributed by atoms with Crippen molar-refractivity contribution in [1.82, 2.24) is 0 Å². The molecule has 4 fully saturated rings. The number of carbonyl (C=O) groups excluding carboxylic acids is 1. The molecule has 57 heavy (non-hydrogen) atoms. The maximum absolute atomic E-state index is 14.3. The summed E-state index contributed by atoms with van der Waals surface area (Å²) in [5.41, 5.74) is -0.00938. The molecule has 0 spiro atoms. The number of benzene rings is 1. The number of esters is 1. The lowest BCUT2D eigenvalue weighted by atomic mass is 9.49. The number of carbonyl (C=O) groups is 1. The van der Waals surface area contributed by atoms with Gasteiger partial charge < -0.3 is 37.3 Å². The molecular formula is C45H75O9Si3. The molecule has 321 valence electrons. The lowest BCUT2D eigenvalue weighted by Gasteiger charge is -2.66. The molecule has 2 aliphatic carbocycles. The first kappa shape index (κ1) is 46.6. The van der Waals surface area contributed by atoms with Gasteiger partial charge in [0.2, 0.25) is 9.04 Å². The van der Waals surface area contributed by atoms with E-state index in [0.29, 0.717) is 25.0 Å². The summed E-state index contributed by atoms with van der Waals surface area (Å²) in [7, 11) is -5.23. The minimum absolute atomic E-state index is 0.152. The van der Waals surface area contributed by atoms with Crippen LogP contribution in [0.25, 0.3) is 0 Å². The van der Waals surface area contributed by atoms with Gasteiger partial charge in [0.1, 0.15) is 17.8 Å². The van der Waals surface area contributed by atoms with Crippen LogP contribution in [-0.2, 0) is 32.2 Å². The number of rotatable bonds is 18. The summed E-state index contributed by atoms with van der Waals surface area (Å²) in [6.45, 7) is 31.7. The molecule has 2 heterocycles. The first-order chi connectivity index (χ1) is 27.0. The van der Waals surface area contributed by atoms with Gasteiger partial charge in [-0.25, -0.2) is 4.79 Å². The van der Waals surface area contributed by atoms with Gasteiger partial charge in [0.15, 0.2) is 22.9 Å². The van der Waals surface area contributed by atoms with E-state index < -0.39 is 84.7 Å². The fourth-order valence-corrected chi connectivity index (χ4v) is 17.3. The monoisotopic (exact) mass is 843 g/mol. The minimum Gasteiger partial charge on any atom is -0.458 e. The highest BCUT2D eigenvalue weighted by molar-refractivity contribution is 6.74. The first-order valence-electron chi connectivity index (χ1n) is 22.0. The average molecular weight is 844 g/mol. The first-order valence-corrected chi connectivity index (χ1v) is 29.5. The third-order valence-electron chi connectivity index (χ3n) is 14.7. The summed E-state index contributed by atoms with van der Waals surface area (Å²) in [6, 6.07) is 15.2. The van der Waals surface area contributed by atoms with Crippen LogP contribution in [0.2, 0.25) is 49.4 Å². The highest BCUT2D eigenvalue weighted by Crippen LogP contribution is 2.63. The van der Waals surface area contributed by atoms with Crippen molar-refractivity contribution < 1.29 is 42.1 Å². The van der Waals surface area contributed by atoms with Crippen molar-refractivity contribution in [2.75, 3.05) is 13.2 Å². The lowest BCUT2D eigenvalue weighted by Crippen LogP contribution is -2.78. The Morgan fingerprint density at radius 2 is 1.60 bits per heavy atom. The zero-order valence-electron chi connectivity index (χ0n) is 37.3. The standard InChI is InChI=1S/C45H75O9Si3/c1-14-37-51-39-38(31(8)33(26-27-49-55(12)13)53-56(15-2,16-3)17-4)43(9,10)29-34(50-42(46)32-24-22-21-23-25-32)40-44(11,41(39)52-37)35(28-36-45(40,47)30-48-36)54-57(18-5,19-6)20-7/h14,21-25,33-37,39-41,47H,1,15-20,26-30H2,2-13H3/b38-31-/t33?,34?,35?,36?,37?,39?,40?,41?,44-,45?/m1/s1. The second kappa shape index (κ2) is 18.7. The van der Waals surface area contributed by atoms with Crippen LogP contribution in [0.3, 0.4) is 0 Å². The van der Waals surface area contributed by atoms with E-state index in [0.717, 1.165) is 53.8 Å². The van der Waals surface area contributed by atoms with Crippen molar-refractivity contribution in [3.8, 4) is 0 Å². The molecule has 2 saturated carbocycles. The molecule has 0 bridgehead atoms. The molecule has 2 aliphatic heterocycles. The molecule has 9 nitrogen and oxygen atoms in total. The second-order valence-electron chi connectivity index (χ2n) is 18.3. The molecule has 5 rings (SSSR count). The van der Waals surface area contributed by atoms with Gasteiger partial charge in [-0.3, -0.25) is 0 Å². The second-order valence-corrected chi connectivity index (χ2v) is 29.9. The van der Waals surface area contributed by atoms with Crippen molar-refractivity contribution in [2.45, 2.75) is 186 Å². The zero-order valence-corrected chi connectivity index (χ0v) is 40.3. The van der Waals surface area contributed by atoms with Gasteiger partial charge in [-0.2, -0.15) is 0 Å². The Morgan fingerprint density at radius 1 is 0.982 bits per heavy atom. The van der Waals surface area contributed by atoms with Gasteiger partial charge in [0, 0.05) is 24.4 Å². The fourth-order valence-electron chi connectivity index (χ4n) is 10.9. The van der Waals surface area contributed by atoms with E-state index in [1.807, 2.05) is 18.2 Å². The zero-order chi connectivity index (χ0) is 42.0. The van der Waals surface area contributed by atoms with Gasteiger partial charge in [-0.15, -0.1) is 0 Å². The Kier molecular flexibility index (Phi) is 15.3. The predicted molar refractivity (Wildman–Crippen MR) is 234 cm³/mol. The van der Waals surface area contributed by atoms with Crippen LogP contribution in [0, 0.1) is 16.7 Å². The van der Waals surface area contributed by atoms with Crippen molar-refractivity contribution in [2.24, 2.45) is 16.7 Å². The van der Waals surface area contributed by atoms with E-state index in [2.05, 4.69) is 88.9 Å². The molecule has 0 amide bonds. The Bertz CT molecular complexity index is 1530. The number of hydrogen-bond donors (Lipinski definition) is 1. The smallest absolute Gasteiger partial charge is 0.338 e. The van der Waals surface area contributed by atoms with Gasteiger partial charge in [-0.05, 0) is 104 Å². The maximum atomic E-state index is 14.3. The molecule has 2 saturated heterocycles. The van der Waals surface area contributed by atoms with Gasteiger partial charge in [0.05, 0.1) is 36.6 Å². The lowest BCUT2D eigenvalue weighted by molar-refractivity contribution is -0.343. The third-order valence-corrected chi connectivity index (χ3v) is 24.8. The van der Waals surface area contributed by atoms with Gasteiger partial charge in [-0.1, -0.05) is 87.1 Å². The van der Waals surface area contributed by atoms with Gasteiger partial charge >= 0.3 is 5.97 Å². The highest BCUT2D eigenvalue weighted by atomic mass is 28.4. The fraction of sp³-hybridized carbons (Fsp3) is 0.756. The molecule has 1 radical (unpaired) electrons. The molecule has 0 aromatic heterocycles. The van der Waals surface area contributed by atoms with Crippen molar-refractivity contribution >= 4 is 31.6 Å². The van der Waals surface area contributed by atoms with Crippen LogP contribution in [0.1, 0.15) is 98.9 Å². The average Bonchev–Trinajstić information content (AvgIpc) is 3.62. The third kappa shape index (κ3) is 8.97. The van der Waals surface area contributed by atoms with Crippen LogP contribution in [0.5, 0.6) is 0 Å². The minimum atomic E-state index is -2.23. The molecular weight excluding hydrogens is 769 g/mol. The Balaban J connectivity index is 1.78. The maximum Gasteiger partial charge on any atom is 0.338 e.